The fourth-order valence-corrected chi connectivity index (χ4v) is 5.83. The fraction of sp³-hybridized carbons (Fsp3) is 0.611. The highest BCUT2D eigenvalue weighted by Crippen LogP contribution is 2.31. The Morgan fingerprint density at radius 1 is 1.12 bits per heavy atom. The zero-order chi connectivity index (χ0) is 17.2. The molecule has 0 spiro atoms. The Morgan fingerprint density at radius 3 is 2.42 bits per heavy atom. The summed E-state index contributed by atoms with van der Waals surface area (Å²) in [5.41, 5.74) is 5.56. The van der Waals surface area contributed by atoms with Crippen molar-refractivity contribution < 1.29 is 13.2 Å². The van der Waals surface area contributed by atoms with Crippen LogP contribution < -0.4 is 5.73 Å². The molecule has 2 fully saturated rings. The summed E-state index contributed by atoms with van der Waals surface area (Å²) >= 11 is 0. The van der Waals surface area contributed by atoms with E-state index in [1.807, 2.05) is 4.90 Å². The van der Waals surface area contributed by atoms with Gasteiger partial charge in [-0.25, -0.2) is 8.42 Å². The van der Waals surface area contributed by atoms with Crippen LogP contribution in [0.25, 0.3) is 0 Å². The summed E-state index contributed by atoms with van der Waals surface area (Å²) in [6.45, 7) is 1.19. The number of nitrogens with zero attached hydrogens (tertiary/aromatic N) is 1. The van der Waals surface area contributed by atoms with Gasteiger partial charge in [-0.3, -0.25) is 9.69 Å². The van der Waals surface area contributed by atoms with Crippen molar-refractivity contribution in [1.82, 2.24) is 4.90 Å². The molecule has 132 valence electrons. The van der Waals surface area contributed by atoms with Gasteiger partial charge >= 0.3 is 0 Å². The molecule has 0 radical (unpaired) electrons. The van der Waals surface area contributed by atoms with Gasteiger partial charge in [-0.1, -0.05) is 37.5 Å². The lowest BCUT2D eigenvalue weighted by Gasteiger charge is -2.29. The van der Waals surface area contributed by atoms with Crippen LogP contribution in [0.4, 0.5) is 0 Å². The van der Waals surface area contributed by atoms with E-state index in [0.717, 1.165) is 19.4 Å². The molecule has 1 aromatic carbocycles. The topological polar surface area (TPSA) is 80.5 Å². The van der Waals surface area contributed by atoms with Crippen molar-refractivity contribution in [3.05, 3.63) is 30.3 Å². The fourth-order valence-electron chi connectivity index (χ4n) is 4.09. The molecule has 0 bridgehead atoms. The third-order valence-corrected chi connectivity index (χ3v) is 7.57. The Morgan fingerprint density at radius 2 is 1.79 bits per heavy atom. The quantitative estimate of drug-likeness (QED) is 0.880. The Balaban J connectivity index is 1.76. The molecule has 6 heteroatoms. The molecule has 1 aliphatic carbocycles. The van der Waals surface area contributed by atoms with Crippen LogP contribution in [0.2, 0.25) is 0 Å². The molecule has 1 aromatic rings. The number of likely N-dealkylation sites (tertiary alicyclic amines) is 1. The summed E-state index contributed by atoms with van der Waals surface area (Å²) in [5.74, 6) is 0.148. The maximum atomic E-state index is 12.9. The predicted molar refractivity (Wildman–Crippen MR) is 93.2 cm³/mol. The maximum Gasteiger partial charge on any atom is 0.234 e. The van der Waals surface area contributed by atoms with Gasteiger partial charge < -0.3 is 5.73 Å². The Labute approximate surface area is 144 Å². The van der Waals surface area contributed by atoms with E-state index in [9.17, 15) is 13.2 Å². The Kier molecular flexibility index (Phi) is 5.25. The molecule has 24 heavy (non-hydrogen) atoms. The summed E-state index contributed by atoms with van der Waals surface area (Å²) in [4.78, 5) is 14.2. The lowest BCUT2D eigenvalue weighted by atomic mass is 9.89. The van der Waals surface area contributed by atoms with Crippen LogP contribution in [0.3, 0.4) is 0 Å². The monoisotopic (exact) mass is 350 g/mol. The van der Waals surface area contributed by atoms with Crippen LogP contribution in [0.15, 0.2) is 35.2 Å². The smallest absolute Gasteiger partial charge is 0.234 e. The molecule has 1 amide bonds. The average Bonchev–Trinajstić information content (AvgIpc) is 3.01. The average molecular weight is 350 g/mol. The first-order valence-electron chi connectivity index (χ1n) is 8.81. The third-order valence-electron chi connectivity index (χ3n) is 5.42. The summed E-state index contributed by atoms with van der Waals surface area (Å²) in [6, 6.07) is 8.04. The second kappa shape index (κ2) is 7.23. The van der Waals surface area contributed by atoms with Crippen LogP contribution in [0.5, 0.6) is 0 Å². The minimum atomic E-state index is -3.43. The minimum absolute atomic E-state index is 0.305. The van der Waals surface area contributed by atoms with Gasteiger partial charge in [0.1, 0.15) is 0 Å². The zero-order valence-corrected chi connectivity index (χ0v) is 14.7. The standard InChI is InChI=1S/C18H26N2O3S/c19-18(21)17-11-16(24(22,23)15-9-5-2-6-10-15)13-20(17)12-14-7-3-1-4-8-14/h2,5-6,9-10,14,16-17H,1,3-4,7-8,11-13H2,(H2,19,21)/t16-,17+/m1/s1. The molecule has 2 aliphatic rings. The molecule has 0 unspecified atom stereocenters. The highest BCUT2D eigenvalue weighted by atomic mass is 32.2. The lowest BCUT2D eigenvalue weighted by molar-refractivity contribution is -0.122. The second-order valence-corrected chi connectivity index (χ2v) is 9.32. The van der Waals surface area contributed by atoms with Crippen LogP contribution in [0.1, 0.15) is 38.5 Å². The zero-order valence-electron chi connectivity index (χ0n) is 13.9. The molecular weight excluding hydrogens is 324 g/mol. The molecular formula is C18H26N2O3S. The molecule has 3 rings (SSSR count). The summed E-state index contributed by atoms with van der Waals surface area (Å²) in [6.07, 6.45) is 6.37. The SMILES string of the molecule is NC(=O)[C@@H]1C[C@@H](S(=O)(=O)c2ccccc2)CN1CC1CCCCC1. The number of amides is 1. The third kappa shape index (κ3) is 3.64. The number of benzene rings is 1. The van der Waals surface area contributed by atoms with E-state index in [2.05, 4.69) is 0 Å². The van der Waals surface area contributed by atoms with E-state index in [4.69, 9.17) is 5.73 Å². The van der Waals surface area contributed by atoms with Gasteiger partial charge in [0.2, 0.25) is 5.91 Å². The van der Waals surface area contributed by atoms with Gasteiger partial charge in [0, 0.05) is 13.1 Å². The Hall–Kier alpha value is -1.40. The summed E-state index contributed by atoms with van der Waals surface area (Å²) in [7, 11) is -3.43. The Bertz CT molecular complexity index is 669. The van der Waals surface area contributed by atoms with E-state index in [1.54, 1.807) is 30.3 Å². The van der Waals surface area contributed by atoms with Crippen molar-refractivity contribution in [3.63, 3.8) is 0 Å². The van der Waals surface area contributed by atoms with E-state index in [-0.39, 0.29) is 0 Å². The highest BCUT2D eigenvalue weighted by Gasteiger charge is 2.43. The molecule has 5 nitrogen and oxygen atoms in total. The molecule has 2 N–H and O–H groups in total. The van der Waals surface area contributed by atoms with Crippen molar-refractivity contribution in [2.45, 2.75) is 54.7 Å². The van der Waals surface area contributed by atoms with Gasteiger partial charge in [-0.2, -0.15) is 0 Å². The van der Waals surface area contributed by atoms with Gasteiger partial charge in [0.25, 0.3) is 0 Å². The first kappa shape index (κ1) is 17.4. The molecule has 2 atom stereocenters. The van der Waals surface area contributed by atoms with Crippen LogP contribution in [0, 0.1) is 5.92 Å². The van der Waals surface area contributed by atoms with Crippen LogP contribution in [-0.2, 0) is 14.6 Å². The number of carbonyl (C=O) groups is 1. The van der Waals surface area contributed by atoms with Crippen molar-refractivity contribution in [2.75, 3.05) is 13.1 Å². The number of hydrogen-bond donors (Lipinski definition) is 1. The van der Waals surface area contributed by atoms with Crippen molar-refractivity contribution in [3.8, 4) is 0 Å². The molecule has 1 saturated carbocycles. The first-order chi connectivity index (χ1) is 11.5. The van der Waals surface area contributed by atoms with Crippen LogP contribution in [-0.4, -0.2) is 43.6 Å². The minimum Gasteiger partial charge on any atom is -0.368 e. The van der Waals surface area contributed by atoms with Gasteiger partial charge in [0.15, 0.2) is 9.84 Å². The van der Waals surface area contributed by atoms with Crippen molar-refractivity contribution in [2.24, 2.45) is 11.7 Å². The maximum absolute atomic E-state index is 12.9. The second-order valence-electron chi connectivity index (χ2n) is 7.09. The number of rotatable bonds is 5. The summed E-state index contributed by atoms with van der Waals surface area (Å²) < 4.78 is 25.7. The molecule has 1 heterocycles. The molecule has 1 aliphatic heterocycles. The highest BCUT2D eigenvalue weighted by molar-refractivity contribution is 7.92. The molecule has 0 aromatic heterocycles. The van der Waals surface area contributed by atoms with E-state index < -0.39 is 27.0 Å². The number of carbonyl (C=O) groups excluding carboxylic acids is 1. The predicted octanol–water partition coefficient (Wildman–Crippen LogP) is 1.97. The molecule has 1 saturated heterocycles. The van der Waals surface area contributed by atoms with Crippen molar-refractivity contribution >= 4 is 15.7 Å². The summed E-state index contributed by atoms with van der Waals surface area (Å²) in [5, 5.41) is -0.555. The van der Waals surface area contributed by atoms with E-state index in [0.29, 0.717) is 23.8 Å². The largest absolute Gasteiger partial charge is 0.368 e. The van der Waals surface area contributed by atoms with Gasteiger partial charge in [-0.15, -0.1) is 0 Å². The van der Waals surface area contributed by atoms with E-state index in [1.165, 1.54) is 19.3 Å². The van der Waals surface area contributed by atoms with Crippen LogP contribution >= 0.6 is 0 Å². The van der Waals surface area contributed by atoms with Crippen molar-refractivity contribution in [1.29, 1.82) is 0 Å². The first-order valence-corrected chi connectivity index (χ1v) is 10.4. The van der Waals surface area contributed by atoms with Gasteiger partial charge in [-0.05, 0) is 37.3 Å². The number of hydrogen-bond acceptors (Lipinski definition) is 4. The normalized spacial score (nSPS) is 26.5. The number of nitrogens with two attached hydrogens (primary N) is 1. The van der Waals surface area contributed by atoms with E-state index >= 15 is 0 Å². The number of primary amides is 1. The number of sulfone groups is 1. The lowest BCUT2D eigenvalue weighted by Crippen LogP contribution is -2.42. The van der Waals surface area contributed by atoms with Gasteiger partial charge in [0.05, 0.1) is 16.2 Å².